The summed E-state index contributed by atoms with van der Waals surface area (Å²) in [5.41, 5.74) is 5.32. The smallest absolute Gasteiger partial charge is 0.429 e. The summed E-state index contributed by atoms with van der Waals surface area (Å²) in [6.07, 6.45) is -6.91. The number of rotatable bonds is 4. The van der Waals surface area contributed by atoms with Crippen LogP contribution in [-0.4, -0.2) is 23.3 Å². The minimum Gasteiger partial charge on any atom is -0.497 e. The Balaban J connectivity index is 2.01. The molecule has 0 spiro atoms. The van der Waals surface area contributed by atoms with Crippen molar-refractivity contribution >= 4 is 28.3 Å². The molecule has 3 rings (SSSR count). The third kappa shape index (κ3) is 3.91. The quantitative estimate of drug-likeness (QED) is 0.669. The maximum atomic E-state index is 13.6. The predicted molar refractivity (Wildman–Crippen MR) is 91.4 cm³/mol. The Morgan fingerprint density at radius 2 is 1.73 bits per heavy atom. The molecule has 1 atom stereocenters. The van der Waals surface area contributed by atoms with Crippen LogP contribution in [0.5, 0.6) is 11.6 Å². The number of methoxy groups -OCH3 is 1. The molecular weight excluding hydrogens is 371 g/mol. The molecular formula is C17H13ClF3N3O2. The zero-order valence-electron chi connectivity index (χ0n) is 13.4. The van der Waals surface area contributed by atoms with Crippen LogP contribution in [0.4, 0.5) is 19.1 Å². The third-order valence-corrected chi connectivity index (χ3v) is 3.79. The van der Waals surface area contributed by atoms with Gasteiger partial charge < -0.3 is 15.2 Å². The van der Waals surface area contributed by atoms with Gasteiger partial charge in [-0.25, -0.2) is 4.98 Å². The Bertz CT molecular complexity index is 930. The van der Waals surface area contributed by atoms with Crippen molar-refractivity contribution in [2.45, 2.75) is 12.3 Å². The lowest BCUT2D eigenvalue weighted by Crippen LogP contribution is -2.26. The molecule has 0 saturated carbocycles. The topological polar surface area (TPSA) is 70.3 Å². The van der Waals surface area contributed by atoms with Crippen molar-refractivity contribution in [1.82, 2.24) is 9.97 Å². The zero-order chi connectivity index (χ0) is 18.9. The molecule has 3 aromatic rings. The number of nitrogen functional groups attached to an aromatic ring is 1. The summed E-state index contributed by atoms with van der Waals surface area (Å²) in [5.74, 6) is -0.0290. The number of hydrogen-bond donors (Lipinski definition) is 1. The van der Waals surface area contributed by atoms with Gasteiger partial charge in [-0.15, -0.1) is 0 Å². The van der Waals surface area contributed by atoms with Crippen molar-refractivity contribution in [3.63, 3.8) is 0 Å². The lowest BCUT2D eigenvalue weighted by Gasteiger charge is -2.22. The second-order valence-electron chi connectivity index (χ2n) is 5.40. The number of nitrogens with two attached hydrogens (primary N) is 1. The molecule has 9 heteroatoms. The molecule has 1 aromatic heterocycles. The van der Waals surface area contributed by atoms with Gasteiger partial charge >= 0.3 is 6.18 Å². The van der Waals surface area contributed by atoms with Crippen LogP contribution in [0.25, 0.3) is 10.8 Å². The lowest BCUT2D eigenvalue weighted by molar-refractivity contribution is -0.198. The molecule has 136 valence electrons. The van der Waals surface area contributed by atoms with Crippen LogP contribution in [0, 0.1) is 0 Å². The predicted octanol–water partition coefficient (Wildman–Crippen LogP) is 4.56. The summed E-state index contributed by atoms with van der Waals surface area (Å²) >= 11 is 5.70. The fourth-order valence-corrected chi connectivity index (χ4v) is 2.63. The highest BCUT2D eigenvalue weighted by molar-refractivity contribution is 6.29. The van der Waals surface area contributed by atoms with Crippen molar-refractivity contribution in [3.8, 4) is 11.6 Å². The van der Waals surface area contributed by atoms with Crippen LogP contribution in [0.2, 0.25) is 5.15 Å². The number of ether oxygens (including phenoxy) is 2. The summed E-state index contributed by atoms with van der Waals surface area (Å²) in [4.78, 5) is 7.23. The number of benzene rings is 2. The Morgan fingerprint density at radius 3 is 2.38 bits per heavy atom. The molecule has 1 unspecified atom stereocenters. The monoisotopic (exact) mass is 383 g/mol. The molecule has 0 aliphatic carbocycles. The molecule has 0 amide bonds. The molecule has 0 bridgehead atoms. The number of nitrogens with zero attached hydrogens (tertiary/aromatic N) is 2. The fraction of sp³-hybridized carbons (Fsp3) is 0.176. The van der Waals surface area contributed by atoms with E-state index in [1.54, 1.807) is 24.3 Å². The molecule has 26 heavy (non-hydrogen) atoms. The number of fused-ring (bicyclic) bond motifs is 1. The zero-order valence-corrected chi connectivity index (χ0v) is 14.2. The van der Waals surface area contributed by atoms with Crippen LogP contribution in [0.15, 0.2) is 42.5 Å². The van der Waals surface area contributed by atoms with E-state index >= 15 is 0 Å². The van der Waals surface area contributed by atoms with Crippen LogP contribution < -0.4 is 15.2 Å². The summed E-state index contributed by atoms with van der Waals surface area (Å²) in [6, 6.07) is 10.4. The van der Waals surface area contributed by atoms with Gasteiger partial charge in [0.2, 0.25) is 17.9 Å². The SMILES string of the molecule is COc1ccc2cc(C(Oc3cc(Cl)nc(N)n3)C(F)(F)F)ccc2c1. The standard InChI is InChI=1S/C17H13ClF3N3O2/c1-25-12-5-4-9-6-11(3-2-10(9)7-12)15(17(19,20)21)26-14-8-13(18)23-16(22)24-14/h2-8,15H,1H3,(H2,22,23,24). The first-order chi connectivity index (χ1) is 12.3. The van der Waals surface area contributed by atoms with Gasteiger partial charge in [0.05, 0.1) is 7.11 Å². The van der Waals surface area contributed by atoms with E-state index in [0.29, 0.717) is 11.1 Å². The van der Waals surface area contributed by atoms with Gasteiger partial charge in [0.1, 0.15) is 10.9 Å². The molecule has 1 heterocycles. The highest BCUT2D eigenvalue weighted by Crippen LogP contribution is 2.38. The second-order valence-corrected chi connectivity index (χ2v) is 5.79. The molecule has 0 radical (unpaired) electrons. The minimum absolute atomic E-state index is 0.0801. The molecule has 2 aromatic carbocycles. The number of halogens is 4. The van der Waals surface area contributed by atoms with Gasteiger partial charge in [-0.05, 0) is 29.0 Å². The van der Waals surface area contributed by atoms with Crippen molar-refractivity contribution in [2.75, 3.05) is 12.8 Å². The third-order valence-electron chi connectivity index (χ3n) is 3.60. The lowest BCUT2D eigenvalue weighted by atomic mass is 10.0. The molecule has 5 nitrogen and oxygen atoms in total. The van der Waals surface area contributed by atoms with Gasteiger partial charge in [-0.2, -0.15) is 18.2 Å². The summed E-state index contributed by atoms with van der Waals surface area (Å²) in [5, 5.41) is 1.24. The number of aromatic nitrogens is 2. The van der Waals surface area contributed by atoms with E-state index in [1.165, 1.54) is 19.2 Å². The fourth-order valence-electron chi connectivity index (χ4n) is 2.45. The van der Waals surface area contributed by atoms with Crippen molar-refractivity contribution in [1.29, 1.82) is 0 Å². The van der Waals surface area contributed by atoms with E-state index in [-0.39, 0.29) is 22.5 Å². The normalized spacial score (nSPS) is 12.8. The number of alkyl halides is 3. The maximum absolute atomic E-state index is 13.6. The van der Waals surface area contributed by atoms with E-state index in [4.69, 9.17) is 26.8 Å². The van der Waals surface area contributed by atoms with Gasteiger partial charge in [0.25, 0.3) is 0 Å². The largest absolute Gasteiger partial charge is 0.497 e. The summed E-state index contributed by atoms with van der Waals surface area (Å²) in [7, 11) is 1.52. The van der Waals surface area contributed by atoms with Gasteiger partial charge in [-0.3, -0.25) is 0 Å². The van der Waals surface area contributed by atoms with Gasteiger partial charge in [0.15, 0.2) is 0 Å². The van der Waals surface area contributed by atoms with Crippen molar-refractivity contribution in [2.24, 2.45) is 0 Å². The molecule has 0 aliphatic heterocycles. The van der Waals surface area contributed by atoms with Gasteiger partial charge in [0, 0.05) is 11.6 Å². The molecule has 0 aliphatic rings. The van der Waals surface area contributed by atoms with E-state index < -0.39 is 12.3 Å². The average Bonchev–Trinajstić information content (AvgIpc) is 2.57. The molecule has 2 N–H and O–H groups in total. The van der Waals surface area contributed by atoms with Gasteiger partial charge in [-0.1, -0.05) is 29.8 Å². The minimum atomic E-state index is -4.67. The van der Waals surface area contributed by atoms with Crippen LogP contribution >= 0.6 is 11.6 Å². The van der Waals surface area contributed by atoms with E-state index in [1.807, 2.05) is 0 Å². The summed E-state index contributed by atoms with van der Waals surface area (Å²) in [6.45, 7) is 0. The Kier molecular flexibility index (Phi) is 4.78. The van der Waals surface area contributed by atoms with Crippen LogP contribution in [0.3, 0.4) is 0 Å². The second kappa shape index (κ2) is 6.87. The first kappa shape index (κ1) is 18.1. The van der Waals surface area contributed by atoms with Crippen LogP contribution in [-0.2, 0) is 0 Å². The van der Waals surface area contributed by atoms with Crippen molar-refractivity contribution < 1.29 is 22.6 Å². The molecule has 0 saturated heterocycles. The Morgan fingerprint density at radius 1 is 1.04 bits per heavy atom. The maximum Gasteiger partial charge on any atom is 0.429 e. The van der Waals surface area contributed by atoms with E-state index in [0.717, 1.165) is 11.5 Å². The highest BCUT2D eigenvalue weighted by atomic mass is 35.5. The Labute approximate surface area is 151 Å². The Hall–Kier alpha value is -2.74. The average molecular weight is 384 g/mol. The first-order valence-corrected chi connectivity index (χ1v) is 7.75. The number of hydrogen-bond acceptors (Lipinski definition) is 5. The van der Waals surface area contributed by atoms with E-state index in [2.05, 4.69) is 9.97 Å². The van der Waals surface area contributed by atoms with E-state index in [9.17, 15) is 13.2 Å². The highest BCUT2D eigenvalue weighted by Gasteiger charge is 2.43. The first-order valence-electron chi connectivity index (χ1n) is 7.37. The van der Waals surface area contributed by atoms with Crippen LogP contribution in [0.1, 0.15) is 11.7 Å². The summed E-state index contributed by atoms with van der Waals surface area (Å²) < 4.78 is 50.8. The molecule has 0 fully saturated rings. The number of anilines is 1. The van der Waals surface area contributed by atoms with Crippen molar-refractivity contribution in [3.05, 3.63) is 53.2 Å².